The zero-order chi connectivity index (χ0) is 13.2. The number of rotatable bonds is 4. The van der Waals surface area contributed by atoms with Gasteiger partial charge in [-0.15, -0.1) is 0 Å². The minimum absolute atomic E-state index is 0.206. The van der Waals surface area contributed by atoms with Crippen LogP contribution in [0.1, 0.15) is 43.7 Å². The van der Waals surface area contributed by atoms with Crippen molar-refractivity contribution in [3.63, 3.8) is 0 Å². The summed E-state index contributed by atoms with van der Waals surface area (Å²) in [6.45, 7) is 4.01. The minimum Gasteiger partial charge on any atom is -0.283 e. The molecule has 1 saturated carbocycles. The second-order valence-corrected chi connectivity index (χ2v) is 7.02. The van der Waals surface area contributed by atoms with Crippen molar-refractivity contribution in [3.05, 3.63) is 29.3 Å². The standard InChI is InChI=1S/C14H21NO2S/c1-3-12-9-8-11(2)14(10-12)15-18(16,17)13-6-4-5-7-13/h8-10,13,15H,3-7H2,1-2H3. The predicted octanol–water partition coefficient (Wildman–Crippen LogP) is 3.24. The molecule has 0 spiro atoms. The molecule has 0 saturated heterocycles. The molecule has 1 aromatic carbocycles. The van der Waals surface area contributed by atoms with Crippen LogP contribution in [0.5, 0.6) is 0 Å². The SMILES string of the molecule is CCc1ccc(C)c(NS(=O)(=O)C2CCCC2)c1. The smallest absolute Gasteiger partial charge is 0.235 e. The van der Waals surface area contributed by atoms with E-state index in [0.29, 0.717) is 0 Å². The maximum Gasteiger partial charge on any atom is 0.235 e. The van der Waals surface area contributed by atoms with Gasteiger partial charge in [-0.25, -0.2) is 8.42 Å². The van der Waals surface area contributed by atoms with E-state index in [1.54, 1.807) is 0 Å². The molecule has 0 aromatic heterocycles. The van der Waals surface area contributed by atoms with Crippen LogP contribution < -0.4 is 4.72 Å². The zero-order valence-electron chi connectivity index (χ0n) is 11.1. The van der Waals surface area contributed by atoms with Gasteiger partial charge in [-0.1, -0.05) is 31.9 Å². The van der Waals surface area contributed by atoms with Crippen LogP contribution >= 0.6 is 0 Å². The average Bonchev–Trinajstić information content (AvgIpc) is 2.86. The first-order valence-corrected chi connectivity index (χ1v) is 8.18. The van der Waals surface area contributed by atoms with E-state index in [4.69, 9.17) is 0 Å². The third-order valence-corrected chi connectivity index (χ3v) is 5.56. The molecule has 0 amide bonds. The Kier molecular flexibility index (Phi) is 3.95. The summed E-state index contributed by atoms with van der Waals surface area (Å²) in [5.41, 5.74) is 2.87. The van der Waals surface area contributed by atoms with Gasteiger partial charge in [-0.3, -0.25) is 4.72 Å². The second kappa shape index (κ2) is 5.31. The molecule has 0 atom stereocenters. The largest absolute Gasteiger partial charge is 0.283 e. The number of hydrogen-bond acceptors (Lipinski definition) is 2. The quantitative estimate of drug-likeness (QED) is 0.910. The van der Waals surface area contributed by atoms with E-state index in [1.165, 1.54) is 0 Å². The highest BCUT2D eigenvalue weighted by molar-refractivity contribution is 7.93. The van der Waals surface area contributed by atoms with Gasteiger partial charge in [0, 0.05) is 0 Å². The van der Waals surface area contributed by atoms with Crippen LogP contribution in [-0.2, 0) is 16.4 Å². The van der Waals surface area contributed by atoms with Gasteiger partial charge in [0.25, 0.3) is 0 Å². The van der Waals surface area contributed by atoms with Crippen molar-refractivity contribution in [3.8, 4) is 0 Å². The van der Waals surface area contributed by atoms with E-state index < -0.39 is 10.0 Å². The summed E-state index contributed by atoms with van der Waals surface area (Å²) < 4.78 is 27.3. The van der Waals surface area contributed by atoms with Crippen LogP contribution in [0.2, 0.25) is 0 Å². The molecule has 18 heavy (non-hydrogen) atoms. The Morgan fingerprint density at radius 1 is 1.28 bits per heavy atom. The van der Waals surface area contributed by atoms with E-state index in [0.717, 1.165) is 48.9 Å². The molecule has 1 fully saturated rings. The molecule has 0 bridgehead atoms. The molecule has 1 aromatic rings. The number of hydrogen-bond donors (Lipinski definition) is 1. The van der Waals surface area contributed by atoms with E-state index in [2.05, 4.69) is 11.6 Å². The molecule has 1 N–H and O–H groups in total. The first-order chi connectivity index (χ1) is 8.53. The summed E-state index contributed by atoms with van der Waals surface area (Å²) in [4.78, 5) is 0. The average molecular weight is 267 g/mol. The molecule has 100 valence electrons. The van der Waals surface area contributed by atoms with Crippen LogP contribution in [0.3, 0.4) is 0 Å². The van der Waals surface area contributed by atoms with Gasteiger partial charge in [0.05, 0.1) is 10.9 Å². The van der Waals surface area contributed by atoms with Gasteiger partial charge in [0.15, 0.2) is 0 Å². The summed E-state index contributed by atoms with van der Waals surface area (Å²) in [7, 11) is -3.21. The molecule has 0 heterocycles. The molecule has 0 aliphatic heterocycles. The molecule has 2 rings (SSSR count). The normalized spacial score (nSPS) is 17.0. The van der Waals surface area contributed by atoms with E-state index in [1.807, 2.05) is 25.1 Å². The monoisotopic (exact) mass is 267 g/mol. The highest BCUT2D eigenvalue weighted by Crippen LogP contribution is 2.27. The van der Waals surface area contributed by atoms with Crippen LogP contribution in [0.15, 0.2) is 18.2 Å². The zero-order valence-corrected chi connectivity index (χ0v) is 11.9. The Morgan fingerprint density at radius 3 is 2.56 bits per heavy atom. The molecule has 1 aliphatic carbocycles. The highest BCUT2D eigenvalue weighted by Gasteiger charge is 2.28. The van der Waals surface area contributed by atoms with Crippen LogP contribution in [-0.4, -0.2) is 13.7 Å². The number of anilines is 1. The lowest BCUT2D eigenvalue weighted by molar-refractivity contribution is 0.585. The van der Waals surface area contributed by atoms with Crippen molar-refractivity contribution >= 4 is 15.7 Å². The summed E-state index contributed by atoms with van der Waals surface area (Å²) in [5, 5.41) is -0.206. The van der Waals surface area contributed by atoms with E-state index in [-0.39, 0.29) is 5.25 Å². The van der Waals surface area contributed by atoms with E-state index in [9.17, 15) is 8.42 Å². The molecule has 0 radical (unpaired) electrons. The second-order valence-electron chi connectivity index (χ2n) is 5.06. The van der Waals surface area contributed by atoms with Crippen molar-refractivity contribution in [1.82, 2.24) is 0 Å². The fourth-order valence-corrected chi connectivity index (χ4v) is 4.08. The van der Waals surface area contributed by atoms with Crippen LogP contribution in [0.4, 0.5) is 5.69 Å². The maximum atomic E-state index is 12.2. The first kappa shape index (κ1) is 13.4. The molecule has 3 nitrogen and oxygen atoms in total. The van der Waals surface area contributed by atoms with Crippen molar-refractivity contribution in [2.75, 3.05) is 4.72 Å². The van der Waals surface area contributed by atoms with Gasteiger partial charge in [-0.05, 0) is 43.4 Å². The van der Waals surface area contributed by atoms with E-state index >= 15 is 0 Å². The van der Waals surface area contributed by atoms with Crippen molar-refractivity contribution in [2.24, 2.45) is 0 Å². The van der Waals surface area contributed by atoms with Gasteiger partial charge in [0.1, 0.15) is 0 Å². The Labute approximate surface area is 110 Å². The summed E-state index contributed by atoms with van der Waals surface area (Å²) in [6, 6.07) is 5.97. The van der Waals surface area contributed by atoms with Crippen molar-refractivity contribution in [2.45, 2.75) is 51.2 Å². The third-order valence-electron chi connectivity index (χ3n) is 3.70. The number of benzene rings is 1. The topological polar surface area (TPSA) is 46.2 Å². The van der Waals surface area contributed by atoms with Gasteiger partial charge < -0.3 is 0 Å². The fourth-order valence-electron chi connectivity index (χ4n) is 2.43. The van der Waals surface area contributed by atoms with Crippen LogP contribution in [0, 0.1) is 6.92 Å². The minimum atomic E-state index is -3.21. The van der Waals surface area contributed by atoms with Crippen molar-refractivity contribution < 1.29 is 8.42 Å². The van der Waals surface area contributed by atoms with Crippen LogP contribution in [0.25, 0.3) is 0 Å². The Hall–Kier alpha value is -1.03. The first-order valence-electron chi connectivity index (χ1n) is 6.64. The Balaban J connectivity index is 2.22. The molecular weight excluding hydrogens is 246 g/mol. The predicted molar refractivity (Wildman–Crippen MR) is 75.4 cm³/mol. The number of aryl methyl sites for hydroxylation is 2. The lowest BCUT2D eigenvalue weighted by Crippen LogP contribution is -2.25. The molecule has 4 heteroatoms. The number of nitrogens with one attached hydrogen (secondary N) is 1. The highest BCUT2D eigenvalue weighted by atomic mass is 32.2. The lowest BCUT2D eigenvalue weighted by Gasteiger charge is -2.15. The lowest BCUT2D eigenvalue weighted by atomic mass is 10.1. The van der Waals surface area contributed by atoms with Gasteiger partial charge in [0.2, 0.25) is 10.0 Å². The fraction of sp³-hybridized carbons (Fsp3) is 0.571. The Bertz CT molecular complexity index is 517. The summed E-state index contributed by atoms with van der Waals surface area (Å²) in [5.74, 6) is 0. The third kappa shape index (κ3) is 2.86. The molecule has 1 aliphatic rings. The van der Waals surface area contributed by atoms with Gasteiger partial charge in [-0.2, -0.15) is 0 Å². The van der Waals surface area contributed by atoms with Crippen molar-refractivity contribution in [1.29, 1.82) is 0 Å². The molecular formula is C14H21NO2S. The maximum absolute atomic E-state index is 12.2. The number of sulfonamides is 1. The van der Waals surface area contributed by atoms with Gasteiger partial charge >= 0.3 is 0 Å². The Morgan fingerprint density at radius 2 is 1.94 bits per heavy atom. The summed E-state index contributed by atoms with van der Waals surface area (Å²) >= 11 is 0. The summed E-state index contributed by atoms with van der Waals surface area (Å²) in [6.07, 6.45) is 4.56. The molecule has 0 unspecified atom stereocenters.